The summed E-state index contributed by atoms with van der Waals surface area (Å²) in [6.45, 7) is 15.9. The molecule has 0 aromatic heterocycles. The van der Waals surface area contributed by atoms with Crippen LogP contribution in [-0.2, 0) is 19.1 Å². The molecule has 208 valence electrons. The summed E-state index contributed by atoms with van der Waals surface area (Å²) in [6, 6.07) is -1.36. The molecule has 0 aromatic rings. The molecule has 3 aliphatic rings. The number of aliphatic hydroxyl groups is 1. The quantitative estimate of drug-likeness (QED) is 0.140. The minimum absolute atomic E-state index is 0.0105. The van der Waals surface area contributed by atoms with Gasteiger partial charge in [0.25, 0.3) is 0 Å². The van der Waals surface area contributed by atoms with E-state index >= 15 is 0 Å². The van der Waals surface area contributed by atoms with Crippen LogP contribution in [0.2, 0.25) is 0 Å². The molecule has 3 heterocycles. The van der Waals surface area contributed by atoms with E-state index < -0.39 is 28.7 Å². The number of ether oxygens (including phenoxy) is 1. The predicted molar refractivity (Wildman–Crippen MR) is 151 cm³/mol. The summed E-state index contributed by atoms with van der Waals surface area (Å²) in [4.78, 5) is 45.4. The first-order valence-corrected chi connectivity index (χ1v) is 15.3. The van der Waals surface area contributed by atoms with Crippen molar-refractivity contribution in [2.24, 2.45) is 17.8 Å². The number of allylic oxidation sites excluding steroid dienone is 1. The molecule has 0 aliphatic carbocycles. The first kappa shape index (κ1) is 30.2. The highest BCUT2D eigenvalue weighted by atomic mass is 79.9. The van der Waals surface area contributed by atoms with E-state index in [1.807, 2.05) is 33.8 Å². The lowest BCUT2D eigenvalue weighted by atomic mass is 9.71. The molecule has 8 atom stereocenters. The van der Waals surface area contributed by atoms with E-state index in [0.717, 1.165) is 25.7 Å². The lowest BCUT2D eigenvalue weighted by molar-refractivity contribution is -0.155. The summed E-state index contributed by atoms with van der Waals surface area (Å²) in [5, 5.41) is 10.3. The largest absolute Gasteiger partial charge is 0.465 e. The first-order chi connectivity index (χ1) is 17.6. The number of thioether (sulfide) groups is 1. The van der Waals surface area contributed by atoms with Gasteiger partial charge in [-0.25, -0.2) is 0 Å². The number of unbranched alkanes of at least 4 members (excludes halogenated alkanes) is 2. The van der Waals surface area contributed by atoms with Gasteiger partial charge in [-0.05, 0) is 45.4 Å². The van der Waals surface area contributed by atoms with E-state index in [1.54, 1.807) is 27.6 Å². The average molecular weight is 600 g/mol. The molecule has 3 rings (SSSR count). The summed E-state index contributed by atoms with van der Waals surface area (Å²) in [5.41, 5.74) is 0. The normalized spacial score (nSPS) is 31.8. The second kappa shape index (κ2) is 12.7. The van der Waals surface area contributed by atoms with Gasteiger partial charge in [0.1, 0.15) is 6.04 Å². The Labute approximate surface area is 234 Å². The lowest BCUT2D eigenvalue weighted by Crippen LogP contribution is -2.59. The highest BCUT2D eigenvalue weighted by Gasteiger charge is 2.76. The van der Waals surface area contributed by atoms with Gasteiger partial charge in [0.2, 0.25) is 11.8 Å². The Morgan fingerprint density at radius 3 is 2.57 bits per heavy atom. The van der Waals surface area contributed by atoms with Gasteiger partial charge >= 0.3 is 5.97 Å². The SMILES string of the molecule is C=CCCCCOC(=O)[C@H]1[C@H]2C(=O)N([C@@H](CO)[C@@H](C)CC)C(C(=O)N(CC=C)C(C)C)C23CC(Br)[C@@H]1S3. The van der Waals surface area contributed by atoms with Gasteiger partial charge < -0.3 is 19.6 Å². The Morgan fingerprint density at radius 2 is 2.00 bits per heavy atom. The third-order valence-corrected chi connectivity index (χ3v) is 11.6. The van der Waals surface area contributed by atoms with E-state index in [4.69, 9.17) is 4.74 Å². The summed E-state index contributed by atoms with van der Waals surface area (Å²) in [5.74, 6) is -1.99. The molecule has 3 unspecified atom stereocenters. The topological polar surface area (TPSA) is 87.1 Å². The van der Waals surface area contributed by atoms with Crippen molar-refractivity contribution in [3.05, 3.63) is 25.3 Å². The second-order valence-electron chi connectivity index (χ2n) is 10.9. The van der Waals surface area contributed by atoms with Gasteiger partial charge in [-0.1, -0.05) is 48.4 Å². The number of fused-ring (bicyclic) bond motifs is 1. The number of halogens is 1. The fraction of sp³-hybridized carbons (Fsp3) is 0.750. The molecule has 1 spiro atoms. The molecule has 7 nitrogen and oxygen atoms in total. The van der Waals surface area contributed by atoms with E-state index in [0.29, 0.717) is 19.6 Å². The minimum Gasteiger partial charge on any atom is -0.465 e. The maximum absolute atomic E-state index is 14.3. The number of hydrogen-bond acceptors (Lipinski definition) is 6. The molecule has 3 fully saturated rings. The van der Waals surface area contributed by atoms with Crippen molar-refractivity contribution >= 4 is 45.5 Å². The van der Waals surface area contributed by atoms with Crippen LogP contribution < -0.4 is 0 Å². The number of carbonyl (C=O) groups excluding carboxylic acids is 3. The summed E-state index contributed by atoms with van der Waals surface area (Å²) in [6.07, 6.45) is 7.39. The van der Waals surface area contributed by atoms with Crippen LogP contribution in [0.1, 0.15) is 59.8 Å². The van der Waals surface area contributed by atoms with Gasteiger partial charge in [-0.15, -0.1) is 24.9 Å². The third kappa shape index (κ3) is 5.42. The highest BCUT2D eigenvalue weighted by molar-refractivity contribution is 9.09. The zero-order chi connectivity index (χ0) is 27.5. The number of alkyl halides is 1. The molecular weight excluding hydrogens is 556 g/mol. The van der Waals surface area contributed by atoms with Crippen molar-refractivity contribution in [1.82, 2.24) is 9.80 Å². The molecular formula is C28H43BrN2O5S. The molecule has 0 radical (unpaired) electrons. The fourth-order valence-electron chi connectivity index (χ4n) is 6.30. The van der Waals surface area contributed by atoms with E-state index in [1.165, 1.54) is 0 Å². The number of aliphatic hydroxyl groups excluding tert-OH is 1. The maximum Gasteiger partial charge on any atom is 0.310 e. The summed E-state index contributed by atoms with van der Waals surface area (Å²) in [7, 11) is 0. The molecule has 2 bridgehead atoms. The molecule has 0 aromatic carbocycles. The van der Waals surface area contributed by atoms with Crippen molar-refractivity contribution in [2.75, 3.05) is 19.8 Å². The van der Waals surface area contributed by atoms with Crippen LogP contribution in [0.4, 0.5) is 0 Å². The zero-order valence-corrected chi connectivity index (χ0v) is 25.0. The fourth-order valence-corrected chi connectivity index (χ4v) is 9.88. The highest BCUT2D eigenvalue weighted by Crippen LogP contribution is 2.68. The summed E-state index contributed by atoms with van der Waals surface area (Å²) >= 11 is 5.39. The van der Waals surface area contributed by atoms with E-state index in [9.17, 15) is 19.5 Å². The third-order valence-electron chi connectivity index (χ3n) is 8.36. The van der Waals surface area contributed by atoms with Crippen LogP contribution in [0.15, 0.2) is 25.3 Å². The summed E-state index contributed by atoms with van der Waals surface area (Å²) < 4.78 is 4.95. The van der Waals surface area contributed by atoms with Crippen LogP contribution in [0.3, 0.4) is 0 Å². The molecule has 3 saturated heterocycles. The number of carbonyl (C=O) groups is 3. The Hall–Kier alpha value is -1.32. The van der Waals surface area contributed by atoms with Crippen LogP contribution in [0.25, 0.3) is 0 Å². The second-order valence-corrected chi connectivity index (χ2v) is 13.6. The predicted octanol–water partition coefficient (Wildman–Crippen LogP) is 4.18. The molecule has 37 heavy (non-hydrogen) atoms. The van der Waals surface area contributed by atoms with Gasteiger partial charge in [-0.2, -0.15) is 0 Å². The Kier molecular flexibility index (Phi) is 10.4. The van der Waals surface area contributed by atoms with Gasteiger partial charge in [0.05, 0.1) is 35.8 Å². The zero-order valence-electron chi connectivity index (χ0n) is 22.6. The minimum atomic E-state index is -0.765. The van der Waals surface area contributed by atoms with Crippen molar-refractivity contribution in [1.29, 1.82) is 0 Å². The maximum atomic E-state index is 14.3. The standard InChI is InChI=1S/C28H43BrN2O5S/c1-7-10-11-12-14-36-27(35)21-22-25(33)31(20(16-32)18(6)9-3)24(26(34)30(13-8-2)17(4)5)28(22)15-19(29)23(21)37-28/h7-8,17-24,32H,1-2,9-16H2,3-6H3/t18-,19?,20-,21-,22-,23-,24?,28?/m0/s1. The average Bonchev–Trinajstić information content (AvgIpc) is 3.45. The van der Waals surface area contributed by atoms with Crippen LogP contribution in [-0.4, -0.2) is 85.4 Å². The van der Waals surface area contributed by atoms with E-state index in [2.05, 4.69) is 29.1 Å². The molecule has 1 N–H and O–H groups in total. The Morgan fingerprint density at radius 1 is 1.30 bits per heavy atom. The van der Waals surface area contributed by atoms with Gasteiger partial charge in [0, 0.05) is 22.7 Å². The number of rotatable bonds is 14. The van der Waals surface area contributed by atoms with Crippen LogP contribution in [0, 0.1) is 17.8 Å². The lowest BCUT2D eigenvalue weighted by Gasteiger charge is -2.42. The Balaban J connectivity index is 2.03. The van der Waals surface area contributed by atoms with Crippen molar-refractivity contribution in [3.8, 4) is 0 Å². The molecule has 0 saturated carbocycles. The van der Waals surface area contributed by atoms with Crippen LogP contribution in [0.5, 0.6) is 0 Å². The smallest absolute Gasteiger partial charge is 0.310 e. The van der Waals surface area contributed by atoms with Gasteiger partial charge in [-0.3, -0.25) is 14.4 Å². The van der Waals surface area contributed by atoms with Gasteiger partial charge in [0.15, 0.2) is 0 Å². The van der Waals surface area contributed by atoms with Crippen molar-refractivity contribution in [2.45, 2.75) is 92.7 Å². The van der Waals surface area contributed by atoms with Crippen molar-refractivity contribution in [3.63, 3.8) is 0 Å². The molecule has 3 aliphatic heterocycles. The number of likely N-dealkylation sites (tertiary alicyclic amines) is 1. The van der Waals surface area contributed by atoms with E-state index in [-0.39, 0.29) is 46.4 Å². The number of nitrogens with zero attached hydrogens (tertiary/aromatic N) is 2. The molecule has 2 amide bonds. The van der Waals surface area contributed by atoms with Crippen LogP contribution >= 0.6 is 27.7 Å². The Bertz CT molecular complexity index is 885. The van der Waals surface area contributed by atoms with Crippen molar-refractivity contribution < 1.29 is 24.2 Å². The number of amides is 2. The first-order valence-electron chi connectivity index (χ1n) is 13.5. The molecule has 9 heteroatoms. The monoisotopic (exact) mass is 598 g/mol. The number of esters is 1. The number of hydrogen-bond donors (Lipinski definition) is 1.